The van der Waals surface area contributed by atoms with Crippen molar-refractivity contribution in [1.82, 2.24) is 0 Å². The van der Waals surface area contributed by atoms with Crippen LogP contribution in [0, 0.1) is 6.92 Å². The number of oxime groups is 1. The van der Waals surface area contributed by atoms with Crippen molar-refractivity contribution < 1.29 is 14.4 Å². The van der Waals surface area contributed by atoms with Crippen LogP contribution in [0.1, 0.15) is 16.7 Å². The number of benzene rings is 3. The van der Waals surface area contributed by atoms with Gasteiger partial charge in [0.1, 0.15) is 12.4 Å². The third kappa shape index (κ3) is 5.99. The Morgan fingerprint density at radius 1 is 0.964 bits per heavy atom. The highest BCUT2D eigenvalue weighted by Crippen LogP contribution is 2.14. The molecule has 5 heteroatoms. The number of hydrogen-bond acceptors (Lipinski definition) is 4. The van der Waals surface area contributed by atoms with Crippen LogP contribution in [-0.2, 0) is 16.2 Å². The molecule has 1 N–H and O–H groups in total. The van der Waals surface area contributed by atoms with Gasteiger partial charge in [-0.2, -0.15) is 0 Å². The van der Waals surface area contributed by atoms with Crippen molar-refractivity contribution in [1.29, 1.82) is 0 Å². The molecule has 0 heterocycles. The van der Waals surface area contributed by atoms with Gasteiger partial charge in [-0.25, -0.2) is 0 Å². The van der Waals surface area contributed by atoms with E-state index in [1.807, 2.05) is 73.7 Å². The van der Waals surface area contributed by atoms with Crippen LogP contribution in [0.15, 0.2) is 84.0 Å². The Labute approximate surface area is 164 Å². The van der Waals surface area contributed by atoms with Gasteiger partial charge in [0.05, 0.1) is 6.21 Å². The number of para-hydroxylation sites is 1. The summed E-state index contributed by atoms with van der Waals surface area (Å²) in [5.74, 6) is 0.413. The van der Waals surface area contributed by atoms with E-state index in [2.05, 4.69) is 10.5 Å². The van der Waals surface area contributed by atoms with E-state index in [1.165, 1.54) is 0 Å². The second kappa shape index (κ2) is 9.92. The first-order valence-electron chi connectivity index (χ1n) is 8.98. The fourth-order valence-corrected chi connectivity index (χ4v) is 2.48. The quantitative estimate of drug-likeness (QED) is 0.464. The number of ether oxygens (including phenoxy) is 1. The summed E-state index contributed by atoms with van der Waals surface area (Å²) in [5.41, 5.74) is 3.74. The van der Waals surface area contributed by atoms with Gasteiger partial charge in [0, 0.05) is 5.69 Å². The van der Waals surface area contributed by atoms with E-state index in [0.717, 1.165) is 22.4 Å². The molecule has 3 aromatic rings. The summed E-state index contributed by atoms with van der Waals surface area (Å²) in [5, 5.41) is 6.80. The number of hydrogen-bond donors (Lipinski definition) is 1. The normalized spacial score (nSPS) is 10.6. The van der Waals surface area contributed by atoms with E-state index in [1.54, 1.807) is 18.3 Å². The monoisotopic (exact) mass is 374 g/mol. The zero-order chi connectivity index (χ0) is 19.6. The minimum atomic E-state index is -0.200. The molecule has 3 aromatic carbocycles. The Kier molecular flexibility index (Phi) is 6.79. The summed E-state index contributed by atoms with van der Waals surface area (Å²) in [6.45, 7) is 2.32. The molecule has 0 fully saturated rings. The first-order valence-corrected chi connectivity index (χ1v) is 8.98. The fourth-order valence-electron chi connectivity index (χ4n) is 2.48. The number of carbonyl (C=O) groups excluding carboxylic acids is 1. The van der Waals surface area contributed by atoms with Crippen molar-refractivity contribution in [3.63, 3.8) is 0 Å². The van der Waals surface area contributed by atoms with Gasteiger partial charge in [-0.1, -0.05) is 53.7 Å². The van der Waals surface area contributed by atoms with Crippen molar-refractivity contribution in [2.24, 2.45) is 5.16 Å². The van der Waals surface area contributed by atoms with Crippen LogP contribution in [0.2, 0.25) is 0 Å². The number of anilines is 1. The molecule has 0 aliphatic carbocycles. The largest absolute Gasteiger partial charge is 0.484 e. The van der Waals surface area contributed by atoms with Crippen molar-refractivity contribution in [2.45, 2.75) is 13.5 Å². The molecule has 0 atom stereocenters. The number of nitrogens with one attached hydrogen (secondary N) is 1. The Morgan fingerprint density at radius 3 is 2.43 bits per heavy atom. The zero-order valence-electron chi connectivity index (χ0n) is 15.7. The second-order valence-corrected chi connectivity index (χ2v) is 6.21. The molecule has 0 spiro atoms. The summed E-state index contributed by atoms with van der Waals surface area (Å²) < 4.78 is 5.53. The maximum absolute atomic E-state index is 12.0. The smallest absolute Gasteiger partial charge is 0.262 e. The average molecular weight is 374 g/mol. The minimum absolute atomic E-state index is 0.0536. The van der Waals surface area contributed by atoms with Crippen LogP contribution in [-0.4, -0.2) is 18.7 Å². The lowest BCUT2D eigenvalue weighted by Crippen LogP contribution is -2.20. The van der Waals surface area contributed by atoms with Gasteiger partial charge in [0.25, 0.3) is 5.91 Å². The maximum atomic E-state index is 12.0. The lowest BCUT2D eigenvalue weighted by atomic mass is 10.2. The van der Waals surface area contributed by atoms with Crippen LogP contribution >= 0.6 is 0 Å². The fraction of sp³-hybridized carbons (Fsp3) is 0.130. The van der Waals surface area contributed by atoms with Crippen LogP contribution < -0.4 is 10.1 Å². The highest BCUT2D eigenvalue weighted by Gasteiger charge is 2.05. The molecule has 142 valence electrons. The van der Waals surface area contributed by atoms with Crippen molar-refractivity contribution >= 4 is 17.8 Å². The average Bonchev–Trinajstić information content (AvgIpc) is 2.73. The molecule has 0 unspecified atom stereocenters. The molecule has 0 saturated heterocycles. The third-order valence-corrected chi connectivity index (χ3v) is 4.02. The van der Waals surface area contributed by atoms with Crippen LogP contribution in [0.5, 0.6) is 5.75 Å². The summed E-state index contributed by atoms with van der Waals surface area (Å²) in [4.78, 5) is 17.3. The number of aryl methyl sites for hydroxylation is 1. The first kappa shape index (κ1) is 19.2. The van der Waals surface area contributed by atoms with Gasteiger partial charge in [-0.15, -0.1) is 0 Å². The van der Waals surface area contributed by atoms with E-state index >= 15 is 0 Å². The number of nitrogens with zero attached hydrogens (tertiary/aromatic N) is 1. The molecule has 0 saturated carbocycles. The van der Waals surface area contributed by atoms with E-state index in [-0.39, 0.29) is 12.5 Å². The summed E-state index contributed by atoms with van der Waals surface area (Å²) in [7, 11) is 0. The van der Waals surface area contributed by atoms with Gasteiger partial charge >= 0.3 is 0 Å². The highest BCUT2D eigenvalue weighted by atomic mass is 16.6. The van der Waals surface area contributed by atoms with Crippen LogP contribution in [0.3, 0.4) is 0 Å². The van der Waals surface area contributed by atoms with E-state index < -0.39 is 0 Å². The third-order valence-electron chi connectivity index (χ3n) is 4.02. The predicted molar refractivity (Wildman–Crippen MR) is 111 cm³/mol. The minimum Gasteiger partial charge on any atom is -0.484 e. The topological polar surface area (TPSA) is 59.9 Å². The van der Waals surface area contributed by atoms with E-state index in [4.69, 9.17) is 9.57 Å². The number of carbonyl (C=O) groups is 1. The predicted octanol–water partition coefficient (Wildman–Crippen LogP) is 4.56. The van der Waals surface area contributed by atoms with Crippen molar-refractivity contribution in [3.05, 3.63) is 95.6 Å². The Morgan fingerprint density at radius 2 is 1.68 bits per heavy atom. The summed E-state index contributed by atoms with van der Waals surface area (Å²) in [6.07, 6.45) is 1.64. The van der Waals surface area contributed by atoms with Gasteiger partial charge < -0.3 is 14.9 Å². The van der Waals surface area contributed by atoms with Gasteiger partial charge in [-0.05, 0) is 53.9 Å². The lowest BCUT2D eigenvalue weighted by molar-refractivity contribution is -0.118. The Hall–Kier alpha value is -3.60. The van der Waals surface area contributed by atoms with Crippen LogP contribution in [0.25, 0.3) is 0 Å². The SMILES string of the molecule is Cc1ccccc1NC(=O)COc1ccc(/C=N/OCc2ccccc2)cc1. The Balaban J connectivity index is 1.43. The molecule has 0 aliphatic heterocycles. The molecule has 1 amide bonds. The number of rotatable bonds is 8. The molecule has 0 aromatic heterocycles. The van der Waals surface area contributed by atoms with E-state index in [9.17, 15) is 4.79 Å². The zero-order valence-corrected chi connectivity index (χ0v) is 15.7. The highest BCUT2D eigenvalue weighted by molar-refractivity contribution is 5.92. The van der Waals surface area contributed by atoms with Crippen molar-refractivity contribution in [2.75, 3.05) is 11.9 Å². The molecular formula is C23H22N2O3. The molecule has 5 nitrogen and oxygen atoms in total. The summed E-state index contributed by atoms with van der Waals surface area (Å²) >= 11 is 0. The lowest BCUT2D eigenvalue weighted by Gasteiger charge is -2.09. The van der Waals surface area contributed by atoms with Gasteiger partial charge in [0.2, 0.25) is 0 Å². The summed E-state index contributed by atoms with van der Waals surface area (Å²) in [6, 6.07) is 24.8. The molecule has 3 rings (SSSR count). The second-order valence-electron chi connectivity index (χ2n) is 6.21. The first-order chi connectivity index (χ1) is 13.7. The molecule has 0 bridgehead atoms. The van der Waals surface area contributed by atoms with E-state index in [0.29, 0.717) is 12.4 Å². The Bertz CT molecular complexity index is 922. The maximum Gasteiger partial charge on any atom is 0.262 e. The van der Waals surface area contributed by atoms with Crippen molar-refractivity contribution in [3.8, 4) is 5.75 Å². The molecule has 28 heavy (non-hydrogen) atoms. The molecule has 0 aliphatic rings. The van der Waals surface area contributed by atoms with Gasteiger partial charge in [0.15, 0.2) is 6.61 Å². The van der Waals surface area contributed by atoms with Gasteiger partial charge in [-0.3, -0.25) is 4.79 Å². The molecular weight excluding hydrogens is 352 g/mol. The molecule has 0 radical (unpaired) electrons. The number of amides is 1. The van der Waals surface area contributed by atoms with Crippen LogP contribution in [0.4, 0.5) is 5.69 Å². The standard InChI is InChI=1S/C23H22N2O3/c1-18-7-5-6-10-22(18)25-23(26)17-27-21-13-11-19(12-14-21)15-24-28-16-20-8-3-2-4-9-20/h2-15H,16-17H2,1H3,(H,25,26)/b24-15+.